The van der Waals surface area contributed by atoms with Gasteiger partial charge >= 0.3 is 0 Å². The van der Waals surface area contributed by atoms with Crippen LogP contribution in [0.25, 0.3) is 11.4 Å². The maximum Gasteiger partial charge on any atom is 0.255 e. The quantitative estimate of drug-likeness (QED) is 0.770. The monoisotopic (exact) mass is 367 g/mol. The molecule has 2 aliphatic rings. The Hall–Kier alpha value is -2.77. The Labute approximate surface area is 156 Å². The highest BCUT2D eigenvalue weighted by atomic mass is 19.1. The summed E-state index contributed by atoms with van der Waals surface area (Å²) in [6, 6.07) is 12.6. The molecule has 140 valence electrons. The number of aliphatic imine (C=N–C) groups is 1. The first kappa shape index (κ1) is 17.6. The number of piperidine rings is 1. The van der Waals surface area contributed by atoms with E-state index >= 15 is 0 Å². The Bertz CT molecular complexity index is 930. The lowest BCUT2D eigenvalue weighted by atomic mass is 10.1. The van der Waals surface area contributed by atoms with Gasteiger partial charge in [-0.15, -0.1) is 0 Å². The van der Waals surface area contributed by atoms with E-state index in [4.69, 9.17) is 0 Å². The van der Waals surface area contributed by atoms with Crippen LogP contribution in [0.15, 0.2) is 64.3 Å². The third-order valence-electron chi connectivity index (χ3n) is 4.83. The van der Waals surface area contributed by atoms with Crippen LogP contribution in [0.1, 0.15) is 18.4 Å². The molecule has 0 aliphatic carbocycles. The highest BCUT2D eigenvalue weighted by Crippen LogP contribution is 2.22. The van der Waals surface area contributed by atoms with Crippen molar-refractivity contribution < 1.29 is 4.39 Å². The summed E-state index contributed by atoms with van der Waals surface area (Å²) in [7, 11) is 0. The fraction of sp³-hybridized carbons (Fsp3) is 0.300. The van der Waals surface area contributed by atoms with Crippen molar-refractivity contribution in [1.29, 1.82) is 0 Å². The van der Waals surface area contributed by atoms with Crippen molar-refractivity contribution in [3.63, 3.8) is 0 Å². The van der Waals surface area contributed by atoms with Crippen molar-refractivity contribution in [1.82, 2.24) is 20.5 Å². The van der Waals surface area contributed by atoms with Gasteiger partial charge in [-0.25, -0.2) is 4.39 Å². The van der Waals surface area contributed by atoms with Gasteiger partial charge in [0.15, 0.2) is 12.1 Å². The number of pyridine rings is 1. The Kier molecular flexibility index (Phi) is 5.13. The van der Waals surface area contributed by atoms with Crippen LogP contribution >= 0.6 is 0 Å². The fourth-order valence-corrected chi connectivity index (χ4v) is 3.42. The maximum absolute atomic E-state index is 14.5. The van der Waals surface area contributed by atoms with E-state index in [2.05, 4.69) is 20.9 Å². The van der Waals surface area contributed by atoms with Crippen LogP contribution < -0.4 is 21.5 Å². The molecule has 27 heavy (non-hydrogen) atoms. The zero-order valence-corrected chi connectivity index (χ0v) is 14.9. The normalized spacial score (nSPS) is 20.6. The first-order valence-corrected chi connectivity index (χ1v) is 9.15. The van der Waals surface area contributed by atoms with Gasteiger partial charge in [0.05, 0.1) is 11.9 Å². The van der Waals surface area contributed by atoms with Crippen molar-refractivity contribution in [3.8, 4) is 5.69 Å². The van der Waals surface area contributed by atoms with Gasteiger partial charge in [-0.2, -0.15) is 0 Å². The molecule has 3 N–H and O–H groups in total. The molecule has 1 fully saturated rings. The van der Waals surface area contributed by atoms with Crippen LogP contribution in [0.3, 0.4) is 0 Å². The summed E-state index contributed by atoms with van der Waals surface area (Å²) in [4.78, 5) is 16.3. The van der Waals surface area contributed by atoms with Gasteiger partial charge in [-0.05, 0) is 44.1 Å². The molecule has 1 aromatic carbocycles. The van der Waals surface area contributed by atoms with Crippen LogP contribution in [0.4, 0.5) is 4.39 Å². The number of halogens is 1. The van der Waals surface area contributed by atoms with E-state index in [0.717, 1.165) is 25.9 Å². The van der Waals surface area contributed by atoms with Gasteiger partial charge in [-0.1, -0.05) is 18.2 Å². The highest BCUT2D eigenvalue weighted by Gasteiger charge is 2.22. The predicted molar refractivity (Wildman–Crippen MR) is 105 cm³/mol. The number of allylic oxidation sites excluding steroid dienone is 1. The van der Waals surface area contributed by atoms with E-state index in [1.165, 1.54) is 16.8 Å². The fourth-order valence-electron chi connectivity index (χ4n) is 3.42. The van der Waals surface area contributed by atoms with Gasteiger partial charge in [0.2, 0.25) is 0 Å². The summed E-state index contributed by atoms with van der Waals surface area (Å²) in [5, 5.41) is 9.90. The molecule has 0 amide bonds. The second-order valence-electron chi connectivity index (χ2n) is 6.70. The molecule has 2 aromatic rings. The molecule has 1 saturated heterocycles. The number of hydrogen-bond donors (Lipinski definition) is 3. The SMILES string of the molecule is O=c1ccccn1-c1cccc(C2=C(F)C=NC(NC3CCNCC3)N2)c1. The van der Waals surface area contributed by atoms with E-state index in [0.29, 0.717) is 23.0 Å². The molecule has 0 bridgehead atoms. The zero-order valence-electron chi connectivity index (χ0n) is 14.9. The van der Waals surface area contributed by atoms with Crippen molar-refractivity contribution in [3.05, 3.63) is 70.4 Å². The van der Waals surface area contributed by atoms with E-state index in [9.17, 15) is 9.18 Å². The Morgan fingerprint density at radius 2 is 2.00 bits per heavy atom. The Balaban J connectivity index is 1.57. The second-order valence-corrected chi connectivity index (χ2v) is 6.70. The van der Waals surface area contributed by atoms with Crippen molar-refractivity contribution in [2.24, 2.45) is 4.99 Å². The summed E-state index contributed by atoms with van der Waals surface area (Å²) in [5.74, 6) is -0.420. The standard InChI is InChI=1S/C20H22FN5O/c21-17-13-23-20(24-15-7-9-22-10-8-15)25-19(17)14-4-3-5-16(12-14)26-11-2-1-6-18(26)27/h1-6,11-13,15,20,22,24-25H,7-10H2. The van der Waals surface area contributed by atoms with Crippen molar-refractivity contribution in [2.45, 2.75) is 25.2 Å². The lowest BCUT2D eigenvalue weighted by molar-refractivity contribution is 0.337. The van der Waals surface area contributed by atoms with E-state index < -0.39 is 5.83 Å². The van der Waals surface area contributed by atoms with Crippen LogP contribution in [-0.2, 0) is 0 Å². The third-order valence-corrected chi connectivity index (χ3v) is 4.83. The van der Waals surface area contributed by atoms with E-state index in [1.807, 2.05) is 18.2 Å². The number of benzene rings is 1. The van der Waals surface area contributed by atoms with Gasteiger partial charge in [0.1, 0.15) is 0 Å². The lowest BCUT2D eigenvalue weighted by Crippen LogP contribution is -2.50. The third kappa shape index (κ3) is 3.99. The maximum atomic E-state index is 14.5. The highest BCUT2D eigenvalue weighted by molar-refractivity contribution is 5.89. The van der Waals surface area contributed by atoms with E-state index in [1.54, 1.807) is 24.4 Å². The molecule has 0 saturated carbocycles. The minimum atomic E-state index is -0.420. The first-order chi connectivity index (χ1) is 13.2. The molecule has 1 atom stereocenters. The molecule has 0 spiro atoms. The molecule has 1 unspecified atom stereocenters. The summed E-state index contributed by atoms with van der Waals surface area (Å²) >= 11 is 0. The van der Waals surface area contributed by atoms with Crippen molar-refractivity contribution >= 4 is 11.9 Å². The number of aromatic nitrogens is 1. The molecular formula is C20H22FN5O. The number of nitrogens with zero attached hydrogens (tertiary/aromatic N) is 2. The van der Waals surface area contributed by atoms with E-state index in [-0.39, 0.29) is 11.8 Å². The minimum Gasteiger partial charge on any atom is -0.349 e. The Morgan fingerprint density at radius 3 is 2.81 bits per heavy atom. The minimum absolute atomic E-state index is 0.132. The van der Waals surface area contributed by atoms with Gasteiger partial charge < -0.3 is 10.6 Å². The van der Waals surface area contributed by atoms with Crippen molar-refractivity contribution in [2.75, 3.05) is 13.1 Å². The van der Waals surface area contributed by atoms with Crippen LogP contribution in [0.2, 0.25) is 0 Å². The molecule has 1 aromatic heterocycles. The largest absolute Gasteiger partial charge is 0.349 e. The topological polar surface area (TPSA) is 70.5 Å². The molecule has 4 rings (SSSR count). The second kappa shape index (κ2) is 7.85. The summed E-state index contributed by atoms with van der Waals surface area (Å²) < 4.78 is 16.0. The molecule has 0 radical (unpaired) electrons. The average molecular weight is 367 g/mol. The molecular weight excluding hydrogens is 345 g/mol. The Morgan fingerprint density at radius 1 is 1.15 bits per heavy atom. The van der Waals surface area contributed by atoms with Crippen LogP contribution in [-0.4, -0.2) is 36.2 Å². The number of hydrogen-bond acceptors (Lipinski definition) is 5. The number of nitrogens with one attached hydrogen (secondary N) is 3. The smallest absolute Gasteiger partial charge is 0.255 e. The molecule has 6 nitrogen and oxygen atoms in total. The molecule has 3 heterocycles. The lowest BCUT2D eigenvalue weighted by Gasteiger charge is -2.30. The van der Waals surface area contributed by atoms with Crippen LogP contribution in [0.5, 0.6) is 0 Å². The van der Waals surface area contributed by atoms with Gasteiger partial charge in [-0.3, -0.25) is 19.7 Å². The summed E-state index contributed by atoms with van der Waals surface area (Å²) in [5.41, 5.74) is 1.60. The predicted octanol–water partition coefficient (Wildman–Crippen LogP) is 1.77. The molecule has 2 aliphatic heterocycles. The van der Waals surface area contributed by atoms with Gasteiger partial charge in [0, 0.05) is 29.6 Å². The zero-order chi connectivity index (χ0) is 18.6. The van der Waals surface area contributed by atoms with Gasteiger partial charge in [0.25, 0.3) is 5.56 Å². The number of rotatable bonds is 4. The van der Waals surface area contributed by atoms with Crippen LogP contribution in [0, 0.1) is 0 Å². The average Bonchev–Trinajstić information content (AvgIpc) is 2.71. The molecule has 7 heteroatoms. The first-order valence-electron chi connectivity index (χ1n) is 9.15. The summed E-state index contributed by atoms with van der Waals surface area (Å²) in [6.45, 7) is 1.94. The summed E-state index contributed by atoms with van der Waals surface area (Å²) in [6.07, 6.45) is 4.62.